The first-order chi connectivity index (χ1) is 8.80. The van der Waals surface area contributed by atoms with Gasteiger partial charge >= 0.3 is 0 Å². The highest BCUT2D eigenvalue weighted by atomic mass is 79.9. The first-order valence-electron chi connectivity index (χ1n) is 6.29. The van der Waals surface area contributed by atoms with Crippen LogP contribution in [0.15, 0.2) is 27.6 Å². The van der Waals surface area contributed by atoms with Gasteiger partial charge in [-0.25, -0.2) is 17.5 Å². The predicted octanol–water partition coefficient (Wildman–Crippen LogP) is 3.84. The third-order valence-electron chi connectivity index (χ3n) is 3.56. The molecule has 6 heteroatoms. The lowest BCUT2D eigenvalue weighted by Crippen LogP contribution is -2.47. The molecule has 1 rings (SSSR count). The zero-order valence-corrected chi connectivity index (χ0v) is 13.7. The van der Waals surface area contributed by atoms with E-state index in [-0.39, 0.29) is 9.37 Å². The smallest absolute Gasteiger partial charge is 0.207 e. The van der Waals surface area contributed by atoms with Gasteiger partial charge in [0.2, 0.25) is 10.0 Å². The van der Waals surface area contributed by atoms with Gasteiger partial charge in [-0.15, -0.1) is 0 Å². The molecule has 0 heterocycles. The second-order valence-electron chi connectivity index (χ2n) is 4.52. The van der Waals surface area contributed by atoms with Gasteiger partial charge in [-0.1, -0.05) is 20.8 Å². The van der Waals surface area contributed by atoms with E-state index in [1.165, 1.54) is 6.07 Å². The molecule has 0 bridgehead atoms. The Labute approximate surface area is 122 Å². The molecule has 0 saturated carbocycles. The highest BCUT2D eigenvalue weighted by molar-refractivity contribution is 9.10. The molecule has 0 radical (unpaired) electrons. The third kappa shape index (κ3) is 3.77. The maximum absolute atomic E-state index is 13.0. The van der Waals surface area contributed by atoms with E-state index in [0.29, 0.717) is 19.3 Å². The maximum Gasteiger partial charge on any atom is 0.242 e. The fraction of sp³-hybridized carbons (Fsp3) is 0.538. The SMILES string of the molecule is CCC(CC)(CC)NS(=O)(=O)c1ccc(F)cc1Br. The highest BCUT2D eigenvalue weighted by Crippen LogP contribution is 2.27. The van der Waals surface area contributed by atoms with E-state index in [4.69, 9.17) is 0 Å². The molecule has 0 fully saturated rings. The highest BCUT2D eigenvalue weighted by Gasteiger charge is 2.31. The van der Waals surface area contributed by atoms with Gasteiger partial charge < -0.3 is 0 Å². The summed E-state index contributed by atoms with van der Waals surface area (Å²) < 4.78 is 40.8. The molecule has 108 valence electrons. The molecule has 0 aliphatic carbocycles. The van der Waals surface area contributed by atoms with Gasteiger partial charge in [0.05, 0.1) is 4.90 Å². The summed E-state index contributed by atoms with van der Waals surface area (Å²) in [6.45, 7) is 5.86. The monoisotopic (exact) mass is 351 g/mol. The van der Waals surface area contributed by atoms with Crippen LogP contribution >= 0.6 is 15.9 Å². The quantitative estimate of drug-likeness (QED) is 0.846. The van der Waals surface area contributed by atoms with Crippen molar-refractivity contribution < 1.29 is 12.8 Å². The lowest BCUT2D eigenvalue weighted by Gasteiger charge is -2.31. The molecule has 0 unspecified atom stereocenters. The van der Waals surface area contributed by atoms with Crippen molar-refractivity contribution in [1.29, 1.82) is 0 Å². The lowest BCUT2D eigenvalue weighted by molar-refractivity contribution is 0.341. The van der Waals surface area contributed by atoms with Gasteiger partial charge in [-0.3, -0.25) is 0 Å². The van der Waals surface area contributed by atoms with Gasteiger partial charge in [0.25, 0.3) is 0 Å². The minimum Gasteiger partial charge on any atom is -0.207 e. The summed E-state index contributed by atoms with van der Waals surface area (Å²) in [7, 11) is -3.67. The number of halogens is 2. The van der Waals surface area contributed by atoms with Gasteiger partial charge in [0.15, 0.2) is 0 Å². The number of hydrogen-bond acceptors (Lipinski definition) is 2. The fourth-order valence-corrected chi connectivity index (χ4v) is 4.67. The van der Waals surface area contributed by atoms with Crippen molar-refractivity contribution in [3.63, 3.8) is 0 Å². The van der Waals surface area contributed by atoms with Crippen LogP contribution in [0.4, 0.5) is 4.39 Å². The van der Waals surface area contributed by atoms with E-state index in [1.54, 1.807) is 0 Å². The minimum absolute atomic E-state index is 0.0635. The fourth-order valence-electron chi connectivity index (χ4n) is 2.00. The standard InChI is InChI=1S/C13H19BrFNO2S/c1-4-13(5-2,6-3)16-19(17,18)12-8-7-10(15)9-11(12)14/h7-9,16H,4-6H2,1-3H3. The van der Waals surface area contributed by atoms with Crippen molar-refractivity contribution in [3.05, 3.63) is 28.5 Å². The molecule has 1 aromatic rings. The molecule has 0 saturated heterocycles. The molecule has 1 N–H and O–H groups in total. The Morgan fingerprint density at radius 3 is 2.16 bits per heavy atom. The lowest BCUT2D eigenvalue weighted by atomic mass is 9.91. The Kier molecular flexibility index (Phi) is 5.53. The summed E-state index contributed by atoms with van der Waals surface area (Å²) >= 11 is 3.10. The first-order valence-corrected chi connectivity index (χ1v) is 8.57. The Bertz CT molecular complexity index is 533. The van der Waals surface area contributed by atoms with E-state index in [1.807, 2.05) is 20.8 Å². The van der Waals surface area contributed by atoms with Crippen molar-refractivity contribution >= 4 is 26.0 Å². The van der Waals surface area contributed by atoms with Crippen LogP contribution in [0.2, 0.25) is 0 Å². The molecular formula is C13H19BrFNO2S. The van der Waals surface area contributed by atoms with E-state index in [9.17, 15) is 12.8 Å². The summed E-state index contributed by atoms with van der Waals surface area (Å²) in [6, 6.07) is 3.57. The average Bonchev–Trinajstić information content (AvgIpc) is 2.35. The number of sulfonamides is 1. The molecule has 3 nitrogen and oxygen atoms in total. The zero-order valence-electron chi connectivity index (χ0n) is 11.3. The summed E-state index contributed by atoms with van der Waals surface area (Å²) in [5.41, 5.74) is -0.452. The van der Waals surface area contributed by atoms with Gasteiger partial charge in [0.1, 0.15) is 5.82 Å². The van der Waals surface area contributed by atoms with Crippen LogP contribution < -0.4 is 4.72 Å². The third-order valence-corrected chi connectivity index (χ3v) is 6.12. The Balaban J connectivity index is 3.17. The summed E-state index contributed by atoms with van der Waals surface area (Å²) in [6.07, 6.45) is 2.12. The summed E-state index contributed by atoms with van der Waals surface area (Å²) in [4.78, 5) is 0.0635. The zero-order chi connectivity index (χ0) is 14.7. The number of benzene rings is 1. The van der Waals surface area contributed by atoms with Gasteiger partial charge in [0, 0.05) is 10.0 Å². The molecule has 0 aliphatic rings. The van der Waals surface area contributed by atoms with Gasteiger partial charge in [-0.2, -0.15) is 0 Å². The molecule has 0 spiro atoms. The molecule has 0 atom stereocenters. The van der Waals surface area contributed by atoms with E-state index < -0.39 is 21.4 Å². The van der Waals surface area contributed by atoms with E-state index in [2.05, 4.69) is 20.7 Å². The van der Waals surface area contributed by atoms with Crippen LogP contribution in [0.1, 0.15) is 40.0 Å². The Morgan fingerprint density at radius 1 is 1.21 bits per heavy atom. The molecule has 0 amide bonds. The molecule has 0 aliphatic heterocycles. The van der Waals surface area contributed by atoms with Crippen LogP contribution in [0, 0.1) is 5.82 Å². The van der Waals surface area contributed by atoms with Crippen molar-refractivity contribution in [2.75, 3.05) is 0 Å². The molecular weight excluding hydrogens is 333 g/mol. The molecule has 0 aromatic heterocycles. The van der Waals surface area contributed by atoms with Crippen LogP contribution in [0.3, 0.4) is 0 Å². The molecule has 1 aromatic carbocycles. The van der Waals surface area contributed by atoms with Gasteiger partial charge in [-0.05, 0) is 53.4 Å². The van der Waals surface area contributed by atoms with Crippen molar-refractivity contribution in [3.8, 4) is 0 Å². The van der Waals surface area contributed by atoms with Crippen LogP contribution in [-0.2, 0) is 10.0 Å². The van der Waals surface area contributed by atoms with Crippen molar-refractivity contribution in [2.45, 2.75) is 50.5 Å². The molecule has 19 heavy (non-hydrogen) atoms. The summed E-state index contributed by atoms with van der Waals surface area (Å²) in [5, 5.41) is 0. The number of rotatable bonds is 6. The Hall–Kier alpha value is -0.460. The predicted molar refractivity (Wildman–Crippen MR) is 78.0 cm³/mol. The largest absolute Gasteiger partial charge is 0.242 e. The Morgan fingerprint density at radius 2 is 1.74 bits per heavy atom. The second kappa shape index (κ2) is 6.33. The minimum atomic E-state index is -3.67. The van der Waals surface area contributed by atoms with Crippen molar-refractivity contribution in [2.24, 2.45) is 0 Å². The normalized spacial score (nSPS) is 12.7. The summed E-state index contributed by atoms with van der Waals surface area (Å²) in [5.74, 6) is -0.474. The first kappa shape index (κ1) is 16.6. The van der Waals surface area contributed by atoms with E-state index in [0.717, 1.165) is 12.1 Å². The topological polar surface area (TPSA) is 46.2 Å². The van der Waals surface area contributed by atoms with Crippen LogP contribution in [-0.4, -0.2) is 14.0 Å². The number of hydrogen-bond donors (Lipinski definition) is 1. The van der Waals surface area contributed by atoms with Crippen LogP contribution in [0.25, 0.3) is 0 Å². The maximum atomic E-state index is 13.0. The van der Waals surface area contributed by atoms with Crippen molar-refractivity contribution in [1.82, 2.24) is 4.72 Å². The average molecular weight is 352 g/mol. The number of nitrogens with one attached hydrogen (secondary N) is 1. The van der Waals surface area contributed by atoms with E-state index >= 15 is 0 Å². The second-order valence-corrected chi connectivity index (χ2v) is 7.03. The van der Waals surface area contributed by atoms with Crippen LogP contribution in [0.5, 0.6) is 0 Å².